The predicted octanol–water partition coefficient (Wildman–Crippen LogP) is 5.49. The molecule has 0 aliphatic carbocycles. The molecule has 0 aliphatic rings. The number of pyridine rings is 1. The largest absolute Gasteiger partial charge is 0.573 e. The smallest absolute Gasteiger partial charge is 0.405 e. The van der Waals surface area contributed by atoms with Gasteiger partial charge in [0.2, 0.25) is 0 Å². The lowest BCUT2D eigenvalue weighted by Crippen LogP contribution is -2.32. The van der Waals surface area contributed by atoms with Crippen LogP contribution in [0, 0.1) is 11.3 Å². The Balaban J connectivity index is 1.47. The van der Waals surface area contributed by atoms with E-state index in [0.29, 0.717) is 23.4 Å². The molecular formula is C29H21F3N6O2. The van der Waals surface area contributed by atoms with E-state index in [1.807, 2.05) is 12.1 Å². The first-order valence-corrected chi connectivity index (χ1v) is 12.1. The van der Waals surface area contributed by atoms with Gasteiger partial charge in [0.05, 0.1) is 36.8 Å². The normalized spacial score (nSPS) is 11.2. The van der Waals surface area contributed by atoms with Crippen molar-refractivity contribution in [2.75, 3.05) is 0 Å². The van der Waals surface area contributed by atoms with Crippen LogP contribution in [0.25, 0.3) is 10.9 Å². The van der Waals surface area contributed by atoms with Crippen molar-refractivity contribution < 1.29 is 22.7 Å². The van der Waals surface area contributed by atoms with Gasteiger partial charge in [0.15, 0.2) is 5.82 Å². The molecule has 0 N–H and O–H groups in total. The van der Waals surface area contributed by atoms with E-state index >= 15 is 0 Å². The third kappa shape index (κ3) is 6.24. The third-order valence-corrected chi connectivity index (χ3v) is 6.13. The molecule has 8 nitrogen and oxygen atoms in total. The van der Waals surface area contributed by atoms with Gasteiger partial charge in [0, 0.05) is 10.9 Å². The monoisotopic (exact) mass is 542 g/mol. The van der Waals surface area contributed by atoms with Crippen LogP contribution in [0.1, 0.15) is 33.0 Å². The third-order valence-electron chi connectivity index (χ3n) is 6.13. The van der Waals surface area contributed by atoms with Crippen LogP contribution in [0.4, 0.5) is 13.2 Å². The number of benzene rings is 3. The SMILES string of the molecule is N#Cc1ccc(Cn2cnnc2CN(Cc2ccccc2OC(F)(F)F)C(=O)c2ccc3ccccc3n2)cc1. The number of hydrogen-bond acceptors (Lipinski definition) is 6. The van der Waals surface area contributed by atoms with Crippen LogP contribution in [0.2, 0.25) is 0 Å². The van der Waals surface area contributed by atoms with Crippen LogP contribution < -0.4 is 4.74 Å². The predicted molar refractivity (Wildman–Crippen MR) is 139 cm³/mol. The number of nitriles is 1. The number of rotatable bonds is 8. The zero-order valence-electron chi connectivity index (χ0n) is 20.9. The Kier molecular flexibility index (Phi) is 7.41. The maximum absolute atomic E-state index is 13.8. The number of ether oxygens (including phenoxy) is 1. The molecule has 0 saturated carbocycles. The van der Waals surface area contributed by atoms with Crippen molar-refractivity contribution >= 4 is 16.8 Å². The second-order valence-corrected chi connectivity index (χ2v) is 8.89. The number of fused-ring (bicyclic) bond motifs is 1. The maximum atomic E-state index is 13.8. The molecule has 0 unspecified atom stereocenters. The van der Waals surface area contributed by atoms with Gasteiger partial charge in [-0.1, -0.05) is 54.6 Å². The molecule has 5 rings (SSSR count). The molecule has 0 fully saturated rings. The lowest BCUT2D eigenvalue weighted by molar-refractivity contribution is -0.275. The van der Waals surface area contributed by atoms with Crippen molar-refractivity contribution in [2.24, 2.45) is 0 Å². The van der Waals surface area contributed by atoms with Crippen molar-refractivity contribution in [3.63, 3.8) is 0 Å². The van der Waals surface area contributed by atoms with E-state index in [0.717, 1.165) is 10.9 Å². The molecule has 200 valence electrons. The summed E-state index contributed by atoms with van der Waals surface area (Å²) in [7, 11) is 0. The molecule has 11 heteroatoms. The van der Waals surface area contributed by atoms with E-state index in [2.05, 4.69) is 26.0 Å². The highest BCUT2D eigenvalue weighted by atomic mass is 19.4. The Morgan fingerprint density at radius 2 is 1.70 bits per heavy atom. The number of nitrogens with zero attached hydrogens (tertiary/aromatic N) is 6. The molecule has 0 radical (unpaired) electrons. The number of aromatic nitrogens is 4. The number of halogens is 3. The molecule has 1 amide bonds. The molecular weight excluding hydrogens is 521 g/mol. The highest BCUT2D eigenvalue weighted by Gasteiger charge is 2.32. The van der Waals surface area contributed by atoms with E-state index in [-0.39, 0.29) is 24.3 Å². The van der Waals surface area contributed by atoms with Crippen molar-refractivity contribution in [1.82, 2.24) is 24.6 Å². The van der Waals surface area contributed by atoms with Crippen molar-refractivity contribution in [3.8, 4) is 11.8 Å². The van der Waals surface area contributed by atoms with Gasteiger partial charge >= 0.3 is 6.36 Å². The van der Waals surface area contributed by atoms with Crippen molar-refractivity contribution in [3.05, 3.63) is 119 Å². The van der Waals surface area contributed by atoms with Gasteiger partial charge in [-0.15, -0.1) is 23.4 Å². The minimum Gasteiger partial charge on any atom is -0.405 e. The molecule has 0 atom stereocenters. The number of hydrogen-bond donors (Lipinski definition) is 0. The van der Waals surface area contributed by atoms with Crippen molar-refractivity contribution in [1.29, 1.82) is 5.26 Å². The minimum atomic E-state index is -4.90. The molecule has 40 heavy (non-hydrogen) atoms. The number of carbonyl (C=O) groups is 1. The van der Waals surface area contributed by atoms with Crippen LogP contribution in [-0.2, 0) is 19.6 Å². The Labute approximate surface area is 226 Å². The second-order valence-electron chi connectivity index (χ2n) is 8.89. The molecule has 0 bridgehead atoms. The van der Waals surface area contributed by atoms with Crippen LogP contribution in [0.15, 0.2) is 91.3 Å². The maximum Gasteiger partial charge on any atom is 0.573 e. The first kappa shape index (κ1) is 26.4. The van der Waals surface area contributed by atoms with E-state index in [1.165, 1.54) is 29.4 Å². The Morgan fingerprint density at radius 1 is 0.950 bits per heavy atom. The van der Waals surface area contributed by atoms with Crippen molar-refractivity contribution in [2.45, 2.75) is 26.0 Å². The number of amides is 1. The first-order valence-electron chi connectivity index (χ1n) is 12.1. The topological polar surface area (TPSA) is 96.9 Å². The molecule has 5 aromatic rings. The summed E-state index contributed by atoms with van der Waals surface area (Å²) < 4.78 is 45.2. The summed E-state index contributed by atoms with van der Waals surface area (Å²) in [5.74, 6) is -0.494. The Hall–Kier alpha value is -5.24. The summed E-state index contributed by atoms with van der Waals surface area (Å²) in [5, 5.41) is 18.0. The fourth-order valence-electron chi connectivity index (χ4n) is 4.20. The fourth-order valence-corrected chi connectivity index (χ4v) is 4.20. The quantitative estimate of drug-likeness (QED) is 0.257. The zero-order valence-corrected chi connectivity index (χ0v) is 20.9. The summed E-state index contributed by atoms with van der Waals surface area (Å²) in [6.45, 7) is 0.0887. The zero-order chi connectivity index (χ0) is 28.1. The molecule has 3 aromatic carbocycles. The van der Waals surface area contributed by atoms with Gasteiger partial charge in [0.1, 0.15) is 17.8 Å². The van der Waals surface area contributed by atoms with Crippen LogP contribution in [0.5, 0.6) is 5.75 Å². The standard InChI is InChI=1S/C29H21F3N6O2/c30-29(31,32)40-26-8-4-2-6-23(26)17-37(28(39)25-14-13-22-5-1-3-7-24(22)35-25)18-27-36-34-19-38(27)16-21-11-9-20(15-33)10-12-21/h1-14,19H,16-18H2. The highest BCUT2D eigenvalue weighted by molar-refractivity contribution is 5.94. The van der Waals surface area contributed by atoms with Gasteiger partial charge in [-0.3, -0.25) is 4.79 Å². The minimum absolute atomic E-state index is 0.0655. The number of carbonyl (C=O) groups excluding carboxylic acids is 1. The summed E-state index contributed by atoms with van der Waals surface area (Å²) >= 11 is 0. The van der Waals surface area contributed by atoms with Gasteiger partial charge < -0.3 is 14.2 Å². The fraction of sp³-hybridized carbons (Fsp3) is 0.138. The molecule has 2 heterocycles. The summed E-state index contributed by atoms with van der Waals surface area (Å²) in [6, 6.07) is 25.4. The van der Waals surface area contributed by atoms with E-state index in [9.17, 15) is 18.0 Å². The van der Waals surface area contributed by atoms with E-state index in [4.69, 9.17) is 5.26 Å². The highest BCUT2D eigenvalue weighted by Crippen LogP contribution is 2.28. The molecule has 0 spiro atoms. The molecule has 0 aliphatic heterocycles. The second kappa shape index (κ2) is 11.2. The van der Waals surface area contributed by atoms with Gasteiger partial charge in [-0.25, -0.2) is 4.98 Å². The first-order chi connectivity index (χ1) is 19.3. The number of para-hydroxylation sites is 2. The summed E-state index contributed by atoms with van der Waals surface area (Å²) in [4.78, 5) is 19.6. The van der Waals surface area contributed by atoms with Crippen LogP contribution in [-0.4, -0.2) is 36.9 Å². The Bertz CT molecular complexity index is 1690. The average molecular weight is 543 g/mol. The lowest BCUT2D eigenvalue weighted by Gasteiger charge is -2.24. The van der Waals surface area contributed by atoms with E-state index in [1.54, 1.807) is 59.2 Å². The van der Waals surface area contributed by atoms with Crippen LogP contribution >= 0.6 is 0 Å². The van der Waals surface area contributed by atoms with Gasteiger partial charge in [-0.2, -0.15) is 5.26 Å². The Morgan fingerprint density at radius 3 is 2.48 bits per heavy atom. The summed E-state index contributed by atoms with van der Waals surface area (Å²) in [6.07, 6.45) is -3.39. The lowest BCUT2D eigenvalue weighted by atomic mass is 10.1. The van der Waals surface area contributed by atoms with Crippen LogP contribution in [0.3, 0.4) is 0 Å². The van der Waals surface area contributed by atoms with E-state index < -0.39 is 18.0 Å². The molecule has 0 saturated heterocycles. The van der Waals surface area contributed by atoms with Gasteiger partial charge in [-0.05, 0) is 35.9 Å². The average Bonchev–Trinajstić information content (AvgIpc) is 3.38. The number of alkyl halides is 3. The van der Waals surface area contributed by atoms with Gasteiger partial charge in [0.25, 0.3) is 5.91 Å². The summed E-state index contributed by atoms with van der Waals surface area (Å²) in [5.41, 5.74) is 2.29. The molecule has 2 aromatic heterocycles.